The van der Waals surface area contributed by atoms with Gasteiger partial charge in [0.2, 0.25) is 0 Å². The van der Waals surface area contributed by atoms with Gasteiger partial charge in [-0.2, -0.15) is 0 Å². The Kier molecular flexibility index (Phi) is 3.83. The van der Waals surface area contributed by atoms with Crippen molar-refractivity contribution in [1.29, 1.82) is 0 Å². The molecule has 2 heteroatoms. The molecule has 0 saturated carbocycles. The number of nitrogens with zero attached hydrogens (tertiary/aromatic N) is 1. The van der Waals surface area contributed by atoms with Gasteiger partial charge in [-0.05, 0) is 19.5 Å². The van der Waals surface area contributed by atoms with Crippen LogP contribution in [0.25, 0.3) is 0 Å². The summed E-state index contributed by atoms with van der Waals surface area (Å²) >= 11 is 0. The van der Waals surface area contributed by atoms with Crippen molar-refractivity contribution in [1.82, 2.24) is 5.06 Å². The Hall–Kier alpha value is -0.0800. The summed E-state index contributed by atoms with van der Waals surface area (Å²) in [5, 5.41) is 11.5. The third kappa shape index (κ3) is 2.99. The largest absolute Gasteiger partial charge is 0.785 e. The van der Waals surface area contributed by atoms with Crippen LogP contribution in [0.4, 0.5) is 0 Å². The van der Waals surface area contributed by atoms with Crippen molar-refractivity contribution in [2.45, 2.75) is 32.7 Å². The fourth-order valence-corrected chi connectivity index (χ4v) is 0.600. The maximum Gasteiger partial charge on any atom is -0.00571 e. The van der Waals surface area contributed by atoms with Gasteiger partial charge in [0.15, 0.2) is 0 Å². The van der Waals surface area contributed by atoms with E-state index in [1.54, 1.807) is 7.05 Å². The highest BCUT2D eigenvalue weighted by Gasteiger charge is 1.95. The summed E-state index contributed by atoms with van der Waals surface area (Å²) < 4.78 is 0. The summed E-state index contributed by atoms with van der Waals surface area (Å²) in [5.74, 6) is 0. The van der Waals surface area contributed by atoms with Crippen molar-refractivity contribution in [3.63, 3.8) is 0 Å². The van der Waals surface area contributed by atoms with E-state index in [1.165, 1.54) is 0 Å². The molecular formula is C6H14NO-. The Balaban J connectivity index is 3.17. The van der Waals surface area contributed by atoms with Gasteiger partial charge in [-0.3, -0.25) is 0 Å². The molecule has 0 aromatic carbocycles. The quantitative estimate of drug-likeness (QED) is 0.523. The summed E-state index contributed by atoms with van der Waals surface area (Å²) in [6.07, 6.45) is 2.09. The highest BCUT2D eigenvalue weighted by molar-refractivity contribution is 4.60. The minimum atomic E-state index is 0.194. The lowest BCUT2D eigenvalue weighted by atomic mass is 10.2. The predicted molar refractivity (Wildman–Crippen MR) is 35.5 cm³/mol. The number of rotatable bonds is 3. The van der Waals surface area contributed by atoms with Gasteiger partial charge in [0.25, 0.3) is 0 Å². The molecule has 0 spiro atoms. The van der Waals surface area contributed by atoms with Crippen LogP contribution < -0.4 is 0 Å². The van der Waals surface area contributed by atoms with E-state index < -0.39 is 0 Å². The maximum atomic E-state index is 10.5. The molecule has 0 N–H and O–H groups in total. The molecule has 0 aromatic heterocycles. The second kappa shape index (κ2) is 3.87. The molecule has 0 unspecified atom stereocenters. The molecule has 8 heavy (non-hydrogen) atoms. The minimum Gasteiger partial charge on any atom is -0.785 e. The summed E-state index contributed by atoms with van der Waals surface area (Å²) in [6, 6.07) is 0.194. The Bertz CT molecular complexity index is 54.5. The van der Waals surface area contributed by atoms with Gasteiger partial charge < -0.3 is 10.3 Å². The molecule has 0 heterocycles. The molecule has 1 atom stereocenters. The van der Waals surface area contributed by atoms with E-state index in [-0.39, 0.29) is 6.04 Å². The van der Waals surface area contributed by atoms with Crippen LogP contribution in [0, 0.1) is 5.21 Å². The number of hydrogen-bond donors (Lipinski definition) is 0. The molecule has 0 aromatic rings. The monoisotopic (exact) mass is 116 g/mol. The van der Waals surface area contributed by atoms with Crippen molar-refractivity contribution < 1.29 is 0 Å². The van der Waals surface area contributed by atoms with Crippen molar-refractivity contribution in [3.05, 3.63) is 5.21 Å². The van der Waals surface area contributed by atoms with E-state index in [9.17, 15) is 5.21 Å². The Morgan fingerprint density at radius 1 is 1.62 bits per heavy atom. The first kappa shape index (κ1) is 7.92. The summed E-state index contributed by atoms with van der Waals surface area (Å²) in [6.45, 7) is 4.02. The number of hydroxylamine groups is 2. The molecule has 50 valence electrons. The average Bonchev–Trinajstić information content (AvgIpc) is 1.67. The lowest BCUT2D eigenvalue weighted by Crippen LogP contribution is -2.22. The Morgan fingerprint density at radius 2 is 2.12 bits per heavy atom. The normalized spacial score (nSPS) is 14.6. The minimum absolute atomic E-state index is 0.194. The van der Waals surface area contributed by atoms with Gasteiger partial charge in [-0.25, -0.2) is 0 Å². The second-order valence-corrected chi connectivity index (χ2v) is 2.18. The molecule has 0 aliphatic rings. The third-order valence-corrected chi connectivity index (χ3v) is 1.33. The van der Waals surface area contributed by atoms with Crippen LogP contribution in [0.2, 0.25) is 0 Å². The van der Waals surface area contributed by atoms with E-state index in [2.05, 4.69) is 6.92 Å². The number of hydrogen-bond acceptors (Lipinski definition) is 2. The molecule has 2 nitrogen and oxygen atoms in total. The third-order valence-electron chi connectivity index (χ3n) is 1.33. The Morgan fingerprint density at radius 3 is 2.25 bits per heavy atom. The predicted octanol–water partition coefficient (Wildman–Crippen LogP) is 1.60. The zero-order valence-electron chi connectivity index (χ0n) is 5.85. The van der Waals surface area contributed by atoms with E-state index in [1.807, 2.05) is 6.92 Å². The van der Waals surface area contributed by atoms with E-state index in [0.717, 1.165) is 17.9 Å². The first-order valence-electron chi connectivity index (χ1n) is 3.08. The summed E-state index contributed by atoms with van der Waals surface area (Å²) in [5.41, 5.74) is 0. The van der Waals surface area contributed by atoms with Crippen molar-refractivity contribution in [3.8, 4) is 0 Å². The summed E-state index contributed by atoms with van der Waals surface area (Å²) in [7, 11) is 1.57. The molecule has 0 radical (unpaired) electrons. The smallest absolute Gasteiger partial charge is 0.00571 e. The fourth-order valence-electron chi connectivity index (χ4n) is 0.600. The van der Waals surface area contributed by atoms with Crippen molar-refractivity contribution in [2.24, 2.45) is 0 Å². The van der Waals surface area contributed by atoms with Gasteiger partial charge in [0.1, 0.15) is 0 Å². The van der Waals surface area contributed by atoms with Crippen LogP contribution in [0.5, 0.6) is 0 Å². The molecule has 0 amide bonds. The average molecular weight is 116 g/mol. The van der Waals surface area contributed by atoms with E-state index in [0.29, 0.717) is 0 Å². The van der Waals surface area contributed by atoms with Crippen LogP contribution in [0.1, 0.15) is 26.7 Å². The highest BCUT2D eigenvalue weighted by Crippen LogP contribution is 2.00. The fraction of sp³-hybridized carbons (Fsp3) is 1.00. The SMILES string of the molecule is CCC[C@@H](C)N(C)[O-]. The summed E-state index contributed by atoms with van der Waals surface area (Å²) in [4.78, 5) is 0. The van der Waals surface area contributed by atoms with Gasteiger partial charge in [-0.15, -0.1) is 0 Å². The van der Waals surface area contributed by atoms with E-state index in [4.69, 9.17) is 0 Å². The van der Waals surface area contributed by atoms with Crippen LogP contribution in [-0.2, 0) is 0 Å². The van der Waals surface area contributed by atoms with Crippen LogP contribution in [0.15, 0.2) is 0 Å². The molecule has 0 rings (SSSR count). The molecule has 0 saturated heterocycles. The van der Waals surface area contributed by atoms with Gasteiger partial charge in [0, 0.05) is 0 Å². The van der Waals surface area contributed by atoms with Crippen molar-refractivity contribution in [2.75, 3.05) is 7.05 Å². The highest BCUT2D eigenvalue weighted by atomic mass is 16.5. The molecule has 0 aliphatic heterocycles. The molecule has 0 fully saturated rings. The lowest BCUT2D eigenvalue weighted by Gasteiger charge is -2.29. The zero-order valence-corrected chi connectivity index (χ0v) is 5.85. The van der Waals surface area contributed by atoms with Gasteiger partial charge >= 0.3 is 0 Å². The molecule has 0 aliphatic carbocycles. The first-order valence-corrected chi connectivity index (χ1v) is 3.08. The second-order valence-electron chi connectivity index (χ2n) is 2.18. The molecule has 0 bridgehead atoms. The standard InChI is InChI=1S/C6H14NO/c1-4-5-6(2)7(3)8/h6H,4-5H2,1-3H3/q-1/t6-/m1/s1. The van der Waals surface area contributed by atoms with Crippen molar-refractivity contribution >= 4 is 0 Å². The van der Waals surface area contributed by atoms with Gasteiger partial charge in [0.05, 0.1) is 0 Å². The van der Waals surface area contributed by atoms with Crippen LogP contribution in [0.3, 0.4) is 0 Å². The first-order chi connectivity index (χ1) is 3.68. The van der Waals surface area contributed by atoms with Crippen LogP contribution in [-0.4, -0.2) is 18.2 Å². The Labute approximate surface area is 51.1 Å². The van der Waals surface area contributed by atoms with Crippen LogP contribution >= 0.6 is 0 Å². The zero-order chi connectivity index (χ0) is 6.57. The molecular weight excluding hydrogens is 102 g/mol. The maximum absolute atomic E-state index is 10.5. The van der Waals surface area contributed by atoms with Gasteiger partial charge in [-0.1, -0.05) is 20.3 Å². The lowest BCUT2D eigenvalue weighted by molar-refractivity contribution is 0.333. The topological polar surface area (TPSA) is 26.3 Å². The van der Waals surface area contributed by atoms with E-state index >= 15 is 0 Å².